The lowest BCUT2D eigenvalue weighted by molar-refractivity contribution is -0.384. The van der Waals surface area contributed by atoms with Crippen molar-refractivity contribution >= 4 is 37.3 Å². The summed E-state index contributed by atoms with van der Waals surface area (Å²) in [6.07, 6.45) is 3.62. The van der Waals surface area contributed by atoms with Gasteiger partial charge in [-0.25, -0.2) is 16.8 Å². The molecule has 0 spiro atoms. The first kappa shape index (κ1) is 28.3. The Labute approximate surface area is 216 Å². The third-order valence-electron chi connectivity index (χ3n) is 5.83. The van der Waals surface area contributed by atoms with E-state index in [0.29, 0.717) is 18.8 Å². The molecule has 1 aliphatic heterocycles. The minimum atomic E-state index is -3.94. The van der Waals surface area contributed by atoms with Crippen molar-refractivity contribution in [2.24, 2.45) is 0 Å². The molecule has 0 aromatic heterocycles. The Hall–Kier alpha value is -3.23. The lowest BCUT2D eigenvalue weighted by Gasteiger charge is -2.28. The van der Waals surface area contributed by atoms with E-state index in [9.17, 15) is 31.7 Å². The largest absolute Gasteiger partial charge is 0.492 e. The van der Waals surface area contributed by atoms with Gasteiger partial charge < -0.3 is 10.1 Å². The molecule has 1 N–H and O–H groups in total. The Morgan fingerprint density at radius 1 is 1.11 bits per heavy atom. The van der Waals surface area contributed by atoms with E-state index in [0.717, 1.165) is 35.9 Å². The number of nitro groups is 1. The average Bonchev–Trinajstić information content (AvgIpc) is 2.86. The van der Waals surface area contributed by atoms with Crippen molar-refractivity contribution in [2.45, 2.75) is 37.1 Å². The van der Waals surface area contributed by atoms with Crippen LogP contribution in [0.15, 0.2) is 53.4 Å². The SMILES string of the molecule is CC(C(=O)NCCOc1ccc(S(=O)(=O)N2CCCCC2)cc1)N(c1cccc([N+](=O)[O-])c1)S(C)(=O)=O. The molecule has 1 saturated heterocycles. The van der Waals surface area contributed by atoms with Crippen LogP contribution in [0, 0.1) is 10.1 Å². The van der Waals surface area contributed by atoms with Crippen LogP contribution in [0.5, 0.6) is 5.75 Å². The molecule has 1 aliphatic rings. The van der Waals surface area contributed by atoms with Gasteiger partial charge in [0.1, 0.15) is 18.4 Å². The minimum Gasteiger partial charge on any atom is -0.492 e. The maximum absolute atomic E-state index is 12.7. The van der Waals surface area contributed by atoms with Gasteiger partial charge in [0.25, 0.3) is 5.69 Å². The monoisotopic (exact) mass is 554 g/mol. The van der Waals surface area contributed by atoms with Crippen LogP contribution >= 0.6 is 0 Å². The highest BCUT2D eigenvalue weighted by atomic mass is 32.2. The smallest absolute Gasteiger partial charge is 0.271 e. The summed E-state index contributed by atoms with van der Waals surface area (Å²) in [6.45, 7) is 2.49. The minimum absolute atomic E-state index is 0.00445. The zero-order chi connectivity index (χ0) is 27.2. The lowest BCUT2D eigenvalue weighted by atomic mass is 10.2. The van der Waals surface area contributed by atoms with Gasteiger partial charge in [0, 0.05) is 25.2 Å². The number of nitro benzene ring substituents is 1. The van der Waals surface area contributed by atoms with Crippen LogP contribution in [0.25, 0.3) is 0 Å². The number of hydrogen-bond acceptors (Lipinski definition) is 8. The quantitative estimate of drug-likeness (QED) is 0.251. The Morgan fingerprint density at radius 2 is 1.76 bits per heavy atom. The van der Waals surface area contributed by atoms with E-state index >= 15 is 0 Å². The summed E-state index contributed by atoms with van der Waals surface area (Å²) >= 11 is 0. The highest BCUT2D eigenvalue weighted by Crippen LogP contribution is 2.25. The van der Waals surface area contributed by atoms with E-state index in [1.165, 1.54) is 53.7 Å². The highest BCUT2D eigenvalue weighted by molar-refractivity contribution is 7.92. The number of carbonyl (C=O) groups is 1. The molecule has 202 valence electrons. The second-order valence-electron chi connectivity index (χ2n) is 8.59. The van der Waals surface area contributed by atoms with Crippen LogP contribution in [-0.4, -0.2) is 70.5 Å². The molecule has 37 heavy (non-hydrogen) atoms. The molecule has 1 heterocycles. The maximum Gasteiger partial charge on any atom is 0.271 e. The van der Waals surface area contributed by atoms with Gasteiger partial charge in [0.2, 0.25) is 26.0 Å². The van der Waals surface area contributed by atoms with Gasteiger partial charge in [0.05, 0.1) is 28.3 Å². The van der Waals surface area contributed by atoms with Crippen molar-refractivity contribution in [3.8, 4) is 5.75 Å². The molecule has 3 rings (SSSR count). The van der Waals surface area contributed by atoms with Crippen LogP contribution in [-0.2, 0) is 24.8 Å². The van der Waals surface area contributed by atoms with Gasteiger partial charge in [0.15, 0.2) is 0 Å². The summed E-state index contributed by atoms with van der Waals surface area (Å²) in [5, 5.41) is 13.7. The van der Waals surface area contributed by atoms with E-state index in [4.69, 9.17) is 4.74 Å². The zero-order valence-electron chi connectivity index (χ0n) is 20.6. The molecule has 0 bridgehead atoms. The zero-order valence-corrected chi connectivity index (χ0v) is 22.2. The fraction of sp³-hybridized carbons (Fsp3) is 0.435. The molecule has 1 amide bonds. The van der Waals surface area contributed by atoms with Gasteiger partial charge >= 0.3 is 0 Å². The van der Waals surface area contributed by atoms with Crippen LogP contribution in [0.2, 0.25) is 0 Å². The summed E-state index contributed by atoms with van der Waals surface area (Å²) < 4.78 is 58.1. The molecular weight excluding hydrogens is 524 g/mol. The fourth-order valence-electron chi connectivity index (χ4n) is 4.01. The number of nitrogens with one attached hydrogen (secondary N) is 1. The third kappa shape index (κ3) is 7.17. The Morgan fingerprint density at radius 3 is 2.35 bits per heavy atom. The van der Waals surface area contributed by atoms with Crippen molar-refractivity contribution in [3.63, 3.8) is 0 Å². The number of non-ortho nitro benzene ring substituents is 1. The van der Waals surface area contributed by atoms with Gasteiger partial charge in [-0.3, -0.25) is 19.2 Å². The van der Waals surface area contributed by atoms with Crippen molar-refractivity contribution in [1.29, 1.82) is 0 Å². The summed E-state index contributed by atoms with van der Waals surface area (Å²) in [4.78, 5) is 23.3. The van der Waals surface area contributed by atoms with Crippen molar-refractivity contribution in [3.05, 3.63) is 58.6 Å². The average molecular weight is 555 g/mol. The first-order chi connectivity index (χ1) is 17.4. The molecule has 1 atom stereocenters. The molecule has 1 unspecified atom stereocenters. The third-order valence-corrected chi connectivity index (χ3v) is 8.98. The summed E-state index contributed by atoms with van der Waals surface area (Å²) in [5.41, 5.74) is -0.308. The number of ether oxygens (including phenoxy) is 1. The number of benzene rings is 2. The topological polar surface area (TPSA) is 156 Å². The van der Waals surface area contributed by atoms with Crippen molar-refractivity contribution < 1.29 is 31.3 Å². The van der Waals surface area contributed by atoms with E-state index in [1.807, 2.05) is 0 Å². The maximum atomic E-state index is 12.7. The molecule has 14 heteroatoms. The predicted molar refractivity (Wildman–Crippen MR) is 137 cm³/mol. The molecular formula is C23H30N4O8S2. The summed E-state index contributed by atoms with van der Waals surface area (Å²) in [5.74, 6) is -0.210. The second-order valence-corrected chi connectivity index (χ2v) is 12.4. The van der Waals surface area contributed by atoms with E-state index in [-0.39, 0.29) is 29.4 Å². The molecule has 1 fully saturated rings. The lowest BCUT2D eigenvalue weighted by Crippen LogP contribution is -2.48. The van der Waals surface area contributed by atoms with Gasteiger partial charge in [-0.2, -0.15) is 4.31 Å². The molecule has 2 aromatic rings. The number of piperidine rings is 1. The Kier molecular flexibility index (Phi) is 9.10. The molecule has 0 aliphatic carbocycles. The van der Waals surface area contributed by atoms with Crippen LogP contribution in [0.1, 0.15) is 26.2 Å². The molecule has 2 aromatic carbocycles. The standard InChI is InChI=1S/C23H30N4O8S2/c1-18(26(36(2,31)32)19-7-6-8-20(17-19)27(29)30)23(28)24-13-16-35-21-9-11-22(12-10-21)37(33,34)25-14-4-3-5-15-25/h6-12,17-18H,3-5,13-16H2,1-2H3,(H,24,28). The highest BCUT2D eigenvalue weighted by Gasteiger charge is 2.30. The predicted octanol–water partition coefficient (Wildman–Crippen LogP) is 2.12. The first-order valence-electron chi connectivity index (χ1n) is 11.7. The summed E-state index contributed by atoms with van der Waals surface area (Å²) in [7, 11) is -7.48. The van der Waals surface area contributed by atoms with Crippen molar-refractivity contribution in [2.75, 3.05) is 36.8 Å². The molecule has 12 nitrogen and oxygen atoms in total. The van der Waals surface area contributed by atoms with E-state index in [2.05, 4.69) is 5.32 Å². The number of amides is 1. The second kappa shape index (κ2) is 11.9. The Balaban J connectivity index is 1.56. The first-order valence-corrected chi connectivity index (χ1v) is 14.9. The number of hydrogen-bond donors (Lipinski definition) is 1. The van der Waals surface area contributed by atoms with E-state index in [1.54, 1.807) is 0 Å². The van der Waals surface area contributed by atoms with Crippen LogP contribution in [0.3, 0.4) is 0 Å². The van der Waals surface area contributed by atoms with Crippen LogP contribution in [0.4, 0.5) is 11.4 Å². The Bertz CT molecular complexity index is 1320. The van der Waals surface area contributed by atoms with Crippen molar-refractivity contribution in [1.82, 2.24) is 9.62 Å². The van der Waals surface area contributed by atoms with Gasteiger partial charge in [-0.1, -0.05) is 12.5 Å². The number of sulfonamides is 2. The normalized spacial score (nSPS) is 15.5. The number of nitrogens with zero attached hydrogens (tertiary/aromatic N) is 3. The summed E-state index contributed by atoms with van der Waals surface area (Å²) in [6, 6.07) is 9.86. The number of anilines is 1. The van der Waals surface area contributed by atoms with Gasteiger partial charge in [-0.15, -0.1) is 0 Å². The molecule has 0 radical (unpaired) electrons. The molecule has 0 saturated carbocycles. The number of rotatable bonds is 11. The van der Waals surface area contributed by atoms with E-state index < -0.39 is 36.9 Å². The van der Waals surface area contributed by atoms with Gasteiger partial charge in [-0.05, 0) is 50.1 Å². The fourth-order valence-corrected chi connectivity index (χ4v) is 6.69. The number of carbonyl (C=O) groups excluding carboxylic acids is 1. The van der Waals surface area contributed by atoms with Crippen LogP contribution < -0.4 is 14.4 Å².